The van der Waals surface area contributed by atoms with E-state index >= 15 is 0 Å². The first-order valence-electron chi connectivity index (χ1n) is 6.87. The number of amides is 1. The van der Waals surface area contributed by atoms with Crippen LogP contribution in [0.15, 0.2) is 18.2 Å². The highest BCUT2D eigenvalue weighted by Gasteiger charge is 2.29. The van der Waals surface area contributed by atoms with Crippen molar-refractivity contribution in [1.82, 2.24) is 4.90 Å². The van der Waals surface area contributed by atoms with Crippen molar-refractivity contribution in [1.29, 1.82) is 0 Å². The van der Waals surface area contributed by atoms with Crippen molar-refractivity contribution in [3.05, 3.63) is 23.8 Å². The van der Waals surface area contributed by atoms with Crippen molar-refractivity contribution in [3.8, 4) is 0 Å². The molecular weight excluding hydrogens is 254 g/mol. The molecule has 1 fully saturated rings. The molecule has 5 nitrogen and oxygen atoms in total. The number of likely N-dealkylation sites (N-methyl/N-ethyl adjacent to an activating group) is 1. The van der Waals surface area contributed by atoms with Crippen LogP contribution in [0.2, 0.25) is 0 Å². The Labute approximate surface area is 120 Å². The van der Waals surface area contributed by atoms with Gasteiger partial charge in [0.15, 0.2) is 0 Å². The Morgan fingerprint density at radius 2 is 2.05 bits per heavy atom. The maximum Gasteiger partial charge on any atom is 0.253 e. The molecule has 2 rings (SSSR count). The largest absolute Gasteiger partial charge is 0.397 e. The first kappa shape index (κ1) is 14.7. The molecule has 110 valence electrons. The SMILES string of the molecule is CC1OCCC1N(C)c1ccc(C(=O)N(C)C)cc1N. The monoisotopic (exact) mass is 277 g/mol. The summed E-state index contributed by atoms with van der Waals surface area (Å²) < 4.78 is 5.60. The van der Waals surface area contributed by atoms with Gasteiger partial charge in [0, 0.05) is 33.3 Å². The lowest BCUT2D eigenvalue weighted by atomic mass is 10.1. The van der Waals surface area contributed by atoms with E-state index in [1.807, 2.05) is 19.2 Å². The number of anilines is 2. The van der Waals surface area contributed by atoms with E-state index in [1.54, 1.807) is 25.1 Å². The minimum atomic E-state index is -0.0385. The molecule has 1 aromatic rings. The van der Waals surface area contributed by atoms with Crippen LogP contribution in [0.25, 0.3) is 0 Å². The summed E-state index contributed by atoms with van der Waals surface area (Å²) in [5.74, 6) is -0.0385. The summed E-state index contributed by atoms with van der Waals surface area (Å²) in [5, 5.41) is 0. The number of carbonyl (C=O) groups is 1. The number of nitrogen functional groups attached to an aromatic ring is 1. The fraction of sp³-hybridized carbons (Fsp3) is 0.533. The van der Waals surface area contributed by atoms with Crippen LogP contribution in [0.5, 0.6) is 0 Å². The molecule has 1 amide bonds. The van der Waals surface area contributed by atoms with E-state index < -0.39 is 0 Å². The van der Waals surface area contributed by atoms with Crippen molar-refractivity contribution in [2.75, 3.05) is 38.4 Å². The fourth-order valence-electron chi connectivity index (χ4n) is 2.67. The number of rotatable bonds is 3. The lowest BCUT2D eigenvalue weighted by Gasteiger charge is -2.30. The van der Waals surface area contributed by atoms with Crippen LogP contribution < -0.4 is 10.6 Å². The fourth-order valence-corrected chi connectivity index (χ4v) is 2.67. The van der Waals surface area contributed by atoms with Crippen LogP contribution in [-0.2, 0) is 4.74 Å². The van der Waals surface area contributed by atoms with Gasteiger partial charge in [0.05, 0.1) is 23.5 Å². The summed E-state index contributed by atoms with van der Waals surface area (Å²) in [6, 6.07) is 5.81. The zero-order valence-corrected chi connectivity index (χ0v) is 12.6. The molecule has 2 unspecified atom stereocenters. The molecule has 0 aliphatic carbocycles. The molecule has 5 heteroatoms. The molecule has 0 radical (unpaired) electrons. The van der Waals surface area contributed by atoms with E-state index in [0.717, 1.165) is 18.7 Å². The number of hydrogen-bond acceptors (Lipinski definition) is 4. The van der Waals surface area contributed by atoms with Gasteiger partial charge in [0.25, 0.3) is 5.91 Å². The van der Waals surface area contributed by atoms with Crippen LogP contribution >= 0.6 is 0 Å². The van der Waals surface area contributed by atoms with Gasteiger partial charge in [-0.1, -0.05) is 0 Å². The summed E-state index contributed by atoms with van der Waals surface area (Å²) in [4.78, 5) is 15.6. The average Bonchev–Trinajstić information content (AvgIpc) is 2.83. The summed E-state index contributed by atoms with van der Waals surface area (Å²) in [6.45, 7) is 2.86. The first-order valence-corrected chi connectivity index (χ1v) is 6.87. The number of carbonyl (C=O) groups excluding carboxylic acids is 1. The van der Waals surface area contributed by atoms with E-state index in [4.69, 9.17) is 10.5 Å². The van der Waals surface area contributed by atoms with Crippen LogP contribution in [0.4, 0.5) is 11.4 Å². The Morgan fingerprint density at radius 3 is 2.55 bits per heavy atom. The molecule has 1 saturated heterocycles. The maximum atomic E-state index is 11.9. The van der Waals surface area contributed by atoms with Crippen molar-refractivity contribution in [2.45, 2.75) is 25.5 Å². The second kappa shape index (κ2) is 5.71. The highest BCUT2D eigenvalue weighted by Crippen LogP contribution is 2.29. The van der Waals surface area contributed by atoms with Gasteiger partial charge in [0.2, 0.25) is 0 Å². The van der Waals surface area contributed by atoms with E-state index in [1.165, 1.54) is 0 Å². The predicted octanol–water partition coefficient (Wildman–Crippen LogP) is 1.58. The molecule has 0 saturated carbocycles. The van der Waals surface area contributed by atoms with Gasteiger partial charge >= 0.3 is 0 Å². The lowest BCUT2D eigenvalue weighted by molar-refractivity contribution is 0.0827. The smallest absolute Gasteiger partial charge is 0.253 e. The molecule has 0 bridgehead atoms. The van der Waals surface area contributed by atoms with E-state index in [9.17, 15) is 4.79 Å². The minimum absolute atomic E-state index is 0.0385. The third-order valence-electron chi connectivity index (χ3n) is 3.89. The normalized spacial score (nSPS) is 21.8. The summed E-state index contributed by atoms with van der Waals surface area (Å²) in [7, 11) is 5.49. The van der Waals surface area contributed by atoms with Gasteiger partial charge in [-0.2, -0.15) is 0 Å². The second-order valence-electron chi connectivity index (χ2n) is 5.52. The molecule has 0 spiro atoms. The highest BCUT2D eigenvalue weighted by molar-refractivity contribution is 5.95. The summed E-state index contributed by atoms with van der Waals surface area (Å²) in [5.41, 5.74) is 8.30. The van der Waals surface area contributed by atoms with Crippen molar-refractivity contribution in [3.63, 3.8) is 0 Å². The molecule has 0 aromatic heterocycles. The van der Waals surface area contributed by atoms with Crippen molar-refractivity contribution >= 4 is 17.3 Å². The Balaban J connectivity index is 2.23. The first-order chi connectivity index (χ1) is 9.41. The van der Waals surface area contributed by atoms with E-state index in [-0.39, 0.29) is 12.0 Å². The standard InChI is InChI=1S/C15H23N3O2/c1-10-13(7-8-20-10)18(4)14-6-5-11(9-12(14)16)15(19)17(2)3/h5-6,9-10,13H,7-8,16H2,1-4H3. The second-order valence-corrected chi connectivity index (χ2v) is 5.52. The predicted molar refractivity (Wildman–Crippen MR) is 81.1 cm³/mol. The lowest BCUT2D eigenvalue weighted by Crippen LogP contribution is -2.37. The summed E-state index contributed by atoms with van der Waals surface area (Å²) in [6.07, 6.45) is 1.19. The van der Waals surface area contributed by atoms with E-state index in [0.29, 0.717) is 17.3 Å². The zero-order valence-electron chi connectivity index (χ0n) is 12.6. The molecule has 1 aliphatic rings. The Kier molecular flexibility index (Phi) is 4.18. The number of benzene rings is 1. The van der Waals surface area contributed by atoms with Gasteiger partial charge in [-0.05, 0) is 31.5 Å². The third kappa shape index (κ3) is 2.72. The van der Waals surface area contributed by atoms with Crippen molar-refractivity contribution < 1.29 is 9.53 Å². The highest BCUT2D eigenvalue weighted by atomic mass is 16.5. The minimum Gasteiger partial charge on any atom is -0.397 e. The molecule has 1 heterocycles. The van der Waals surface area contributed by atoms with Gasteiger partial charge in [-0.25, -0.2) is 0 Å². The Morgan fingerprint density at radius 1 is 1.35 bits per heavy atom. The van der Waals surface area contributed by atoms with Gasteiger partial charge in [-0.15, -0.1) is 0 Å². The number of ether oxygens (including phenoxy) is 1. The summed E-state index contributed by atoms with van der Waals surface area (Å²) >= 11 is 0. The molecule has 2 atom stereocenters. The number of hydrogen-bond donors (Lipinski definition) is 1. The number of nitrogens with two attached hydrogens (primary N) is 1. The van der Waals surface area contributed by atoms with Gasteiger partial charge < -0.3 is 20.3 Å². The quantitative estimate of drug-likeness (QED) is 0.852. The van der Waals surface area contributed by atoms with Crippen LogP contribution in [0.3, 0.4) is 0 Å². The van der Waals surface area contributed by atoms with Crippen LogP contribution in [0.1, 0.15) is 23.7 Å². The Hall–Kier alpha value is -1.75. The van der Waals surface area contributed by atoms with E-state index in [2.05, 4.69) is 11.8 Å². The maximum absolute atomic E-state index is 11.9. The molecule has 2 N–H and O–H groups in total. The van der Waals surface area contributed by atoms with Crippen LogP contribution in [0, 0.1) is 0 Å². The number of nitrogens with zero attached hydrogens (tertiary/aromatic N) is 2. The molecule has 20 heavy (non-hydrogen) atoms. The average molecular weight is 277 g/mol. The van der Waals surface area contributed by atoms with Crippen molar-refractivity contribution in [2.24, 2.45) is 0 Å². The molecular formula is C15H23N3O2. The van der Waals surface area contributed by atoms with Gasteiger partial charge in [0.1, 0.15) is 0 Å². The van der Waals surface area contributed by atoms with Crippen LogP contribution in [-0.4, -0.2) is 50.7 Å². The Bertz CT molecular complexity index is 502. The molecule has 1 aliphatic heterocycles. The third-order valence-corrected chi connectivity index (χ3v) is 3.89. The molecule has 1 aromatic carbocycles. The topological polar surface area (TPSA) is 58.8 Å². The van der Waals surface area contributed by atoms with Gasteiger partial charge in [-0.3, -0.25) is 4.79 Å². The zero-order chi connectivity index (χ0) is 14.9.